The van der Waals surface area contributed by atoms with Crippen LogP contribution in [0.4, 0.5) is 11.4 Å². The number of oxazole rings is 1. The minimum atomic E-state index is 0.573. The average Bonchev–Trinajstić information content (AvgIpc) is 3.72. The van der Waals surface area contributed by atoms with Crippen molar-refractivity contribution in [2.75, 3.05) is 4.90 Å². The van der Waals surface area contributed by atoms with Crippen LogP contribution in [0.3, 0.4) is 0 Å². The van der Waals surface area contributed by atoms with E-state index in [0.29, 0.717) is 5.89 Å². The molecule has 0 bridgehead atoms. The lowest BCUT2D eigenvalue weighted by molar-refractivity contribution is 0.620. The van der Waals surface area contributed by atoms with Crippen LogP contribution in [0.5, 0.6) is 0 Å². The van der Waals surface area contributed by atoms with Crippen molar-refractivity contribution in [3.8, 4) is 22.6 Å². The highest BCUT2D eigenvalue weighted by molar-refractivity contribution is 6.19. The number of anilines is 2. The molecule has 0 N–H and O–H groups in total. The number of hydrogen-bond acceptors (Lipinski definition) is 4. The highest BCUT2D eigenvalue weighted by Gasteiger charge is 2.23. The van der Waals surface area contributed by atoms with Crippen LogP contribution < -0.4 is 4.90 Å². The maximum absolute atomic E-state index is 6.74. The molecule has 1 aliphatic heterocycles. The van der Waals surface area contributed by atoms with Gasteiger partial charge in [-0.05, 0) is 70.8 Å². The molecule has 1 aliphatic rings. The number of hydrogen-bond donors (Lipinski definition) is 0. The first-order chi connectivity index (χ1) is 22.7. The Balaban J connectivity index is 1.28. The molecule has 218 valence electrons. The SMILES string of the molecule is C=C1/C=C\c2ccccc2Cc2cc(-c3nc4c(o3)c(-c3ccccc3)cc3oc5ccccc5c34)ccc2N1c1ccccc1. The third-order valence-electron chi connectivity index (χ3n) is 8.85. The molecule has 0 radical (unpaired) electrons. The fraction of sp³-hybridized carbons (Fsp3) is 0.0238. The lowest BCUT2D eigenvalue weighted by Gasteiger charge is -2.27. The van der Waals surface area contributed by atoms with Gasteiger partial charge in [0.25, 0.3) is 0 Å². The largest absolute Gasteiger partial charge is 0.456 e. The lowest BCUT2D eigenvalue weighted by Crippen LogP contribution is -2.16. The summed E-state index contributed by atoms with van der Waals surface area (Å²) in [5, 5.41) is 1.99. The highest BCUT2D eigenvalue weighted by atomic mass is 16.4. The van der Waals surface area contributed by atoms with Gasteiger partial charge in [0.05, 0.1) is 5.39 Å². The van der Waals surface area contributed by atoms with Crippen LogP contribution >= 0.6 is 0 Å². The Morgan fingerprint density at radius 1 is 0.630 bits per heavy atom. The van der Waals surface area contributed by atoms with Crippen molar-refractivity contribution in [3.63, 3.8) is 0 Å². The van der Waals surface area contributed by atoms with E-state index >= 15 is 0 Å². The number of fused-ring (bicyclic) bond motifs is 7. The van der Waals surface area contributed by atoms with Crippen LogP contribution in [0.1, 0.15) is 16.7 Å². The number of rotatable bonds is 3. The van der Waals surface area contributed by atoms with Crippen molar-refractivity contribution < 1.29 is 8.83 Å². The lowest BCUT2D eigenvalue weighted by atomic mass is 9.97. The Bertz CT molecular complexity index is 2470. The molecule has 0 saturated carbocycles. The Morgan fingerprint density at radius 2 is 1.39 bits per heavy atom. The van der Waals surface area contributed by atoms with E-state index in [1.807, 2.05) is 42.5 Å². The van der Waals surface area contributed by atoms with Crippen LogP contribution in [0.2, 0.25) is 0 Å². The monoisotopic (exact) mass is 592 g/mol. The number of furan rings is 1. The molecule has 0 spiro atoms. The summed E-state index contributed by atoms with van der Waals surface area (Å²) in [6, 6.07) is 45.9. The number of benzene rings is 6. The smallest absolute Gasteiger partial charge is 0.227 e. The van der Waals surface area contributed by atoms with Crippen LogP contribution in [0.25, 0.3) is 61.7 Å². The molecule has 46 heavy (non-hydrogen) atoms. The first-order valence-electron chi connectivity index (χ1n) is 15.4. The molecular formula is C42H28N2O2. The quantitative estimate of drug-likeness (QED) is 0.205. The molecule has 0 unspecified atom stereocenters. The van der Waals surface area contributed by atoms with Crippen molar-refractivity contribution in [1.29, 1.82) is 0 Å². The predicted octanol–water partition coefficient (Wildman–Crippen LogP) is 11.3. The van der Waals surface area contributed by atoms with Gasteiger partial charge < -0.3 is 13.7 Å². The normalized spacial score (nSPS) is 13.7. The second-order valence-corrected chi connectivity index (χ2v) is 11.7. The van der Waals surface area contributed by atoms with E-state index in [1.54, 1.807) is 0 Å². The van der Waals surface area contributed by atoms with Gasteiger partial charge in [0, 0.05) is 40.0 Å². The third kappa shape index (κ3) is 4.26. The van der Waals surface area contributed by atoms with Crippen molar-refractivity contribution in [2.24, 2.45) is 0 Å². The molecule has 4 heteroatoms. The Kier molecular flexibility index (Phi) is 6.00. The van der Waals surface area contributed by atoms with Gasteiger partial charge in [-0.2, -0.15) is 0 Å². The summed E-state index contributed by atoms with van der Waals surface area (Å²) in [6.45, 7) is 4.48. The summed E-state index contributed by atoms with van der Waals surface area (Å²) in [5.74, 6) is 0.573. The number of aromatic nitrogens is 1. The maximum atomic E-state index is 6.74. The summed E-state index contributed by atoms with van der Waals surface area (Å²) in [7, 11) is 0. The van der Waals surface area contributed by atoms with E-state index in [9.17, 15) is 0 Å². The van der Waals surface area contributed by atoms with Crippen LogP contribution in [0, 0.1) is 0 Å². The summed E-state index contributed by atoms with van der Waals surface area (Å²) in [6.07, 6.45) is 5.00. The zero-order chi connectivity index (χ0) is 30.6. The van der Waals surface area contributed by atoms with Crippen molar-refractivity contribution in [3.05, 3.63) is 169 Å². The Hall–Kier alpha value is -6.13. The van der Waals surface area contributed by atoms with Gasteiger partial charge in [-0.3, -0.25) is 0 Å². The van der Waals surface area contributed by atoms with E-state index in [-0.39, 0.29) is 0 Å². The third-order valence-corrected chi connectivity index (χ3v) is 8.85. The highest BCUT2D eigenvalue weighted by Crippen LogP contribution is 2.43. The molecule has 6 aromatic carbocycles. The van der Waals surface area contributed by atoms with Gasteiger partial charge in [0.2, 0.25) is 5.89 Å². The molecule has 0 atom stereocenters. The zero-order valence-corrected chi connectivity index (χ0v) is 25.0. The van der Waals surface area contributed by atoms with Gasteiger partial charge in [0.1, 0.15) is 16.7 Å². The second kappa shape index (κ2) is 10.5. The summed E-state index contributed by atoms with van der Waals surface area (Å²) in [4.78, 5) is 7.42. The summed E-state index contributed by atoms with van der Waals surface area (Å²) in [5.41, 5.74) is 12.7. The van der Waals surface area contributed by atoms with Gasteiger partial charge >= 0.3 is 0 Å². The maximum Gasteiger partial charge on any atom is 0.227 e. The van der Waals surface area contributed by atoms with Crippen LogP contribution in [-0.2, 0) is 6.42 Å². The molecule has 3 heterocycles. The topological polar surface area (TPSA) is 42.4 Å². The summed E-state index contributed by atoms with van der Waals surface area (Å²) < 4.78 is 13.1. The minimum Gasteiger partial charge on any atom is -0.456 e. The number of para-hydroxylation sites is 2. The molecule has 8 aromatic rings. The van der Waals surface area contributed by atoms with E-state index in [1.165, 1.54) is 11.1 Å². The molecule has 9 rings (SSSR count). The molecule has 0 amide bonds. The van der Waals surface area contributed by atoms with Gasteiger partial charge in [0.15, 0.2) is 5.58 Å². The molecule has 2 aromatic heterocycles. The van der Waals surface area contributed by atoms with Gasteiger partial charge in [-0.25, -0.2) is 4.98 Å². The first kappa shape index (κ1) is 26.3. The van der Waals surface area contributed by atoms with Crippen molar-refractivity contribution >= 4 is 50.5 Å². The standard InChI is InChI=1S/C42H28N2O2/c1-27-20-21-28-12-8-9-15-30(28)24-32-25-31(22-23-36(32)44(27)33-16-6-3-7-17-33)42-43-40-39-34-18-10-11-19-37(34)45-38(39)26-35(41(40)46-42)29-13-4-2-5-14-29/h2-23,25-26H,1,24H2/b21-20-. The van der Waals surface area contributed by atoms with Crippen LogP contribution in [0.15, 0.2) is 161 Å². The fourth-order valence-corrected chi connectivity index (χ4v) is 6.67. The second-order valence-electron chi connectivity index (χ2n) is 11.7. The molecule has 0 fully saturated rings. The summed E-state index contributed by atoms with van der Waals surface area (Å²) >= 11 is 0. The fourth-order valence-electron chi connectivity index (χ4n) is 6.67. The molecule has 0 saturated heterocycles. The van der Waals surface area contributed by atoms with Gasteiger partial charge in [-0.1, -0.05) is 104 Å². The molecule has 0 aliphatic carbocycles. The Morgan fingerprint density at radius 3 is 2.26 bits per heavy atom. The van der Waals surface area contributed by atoms with Crippen LogP contribution in [-0.4, -0.2) is 4.98 Å². The van der Waals surface area contributed by atoms with Crippen molar-refractivity contribution in [2.45, 2.75) is 6.42 Å². The van der Waals surface area contributed by atoms with E-state index in [4.69, 9.17) is 13.8 Å². The van der Waals surface area contributed by atoms with E-state index in [2.05, 4.69) is 115 Å². The van der Waals surface area contributed by atoms with Gasteiger partial charge in [-0.15, -0.1) is 0 Å². The number of nitrogens with zero attached hydrogens (tertiary/aromatic N) is 2. The predicted molar refractivity (Wildman–Crippen MR) is 188 cm³/mol. The molecular weight excluding hydrogens is 564 g/mol. The zero-order valence-electron chi connectivity index (χ0n) is 25.0. The van der Waals surface area contributed by atoms with E-state index < -0.39 is 0 Å². The first-order valence-corrected chi connectivity index (χ1v) is 15.4. The van der Waals surface area contributed by atoms with E-state index in [0.717, 1.165) is 78.8 Å². The molecule has 4 nitrogen and oxygen atoms in total. The minimum absolute atomic E-state index is 0.573. The Labute approximate surface area is 266 Å². The number of allylic oxidation sites excluding steroid dienone is 1. The average molecular weight is 593 g/mol. The van der Waals surface area contributed by atoms with Crippen molar-refractivity contribution in [1.82, 2.24) is 4.98 Å².